The fraction of sp³-hybridized carbons (Fsp3) is 0.125. The number of hydrogen-bond acceptors (Lipinski definition) is 4. The summed E-state index contributed by atoms with van der Waals surface area (Å²) in [5.74, 6) is -0.635. The maximum atomic E-state index is 14.4. The summed E-state index contributed by atoms with van der Waals surface area (Å²) < 4.78 is 30.8. The van der Waals surface area contributed by atoms with Gasteiger partial charge < -0.3 is 5.32 Å². The quantitative estimate of drug-likeness (QED) is 0.288. The normalized spacial score (nSPS) is 11.1. The zero-order valence-electron chi connectivity index (χ0n) is 16.2. The Bertz CT molecular complexity index is 1130. The number of rotatable bonds is 8. The van der Waals surface area contributed by atoms with Crippen LogP contribution in [0.4, 0.5) is 8.78 Å². The number of nitrogens with one attached hydrogen (secondary N) is 2. The minimum absolute atomic E-state index is 0.306. The van der Waals surface area contributed by atoms with Crippen LogP contribution in [0.25, 0.3) is 21.9 Å². The molecule has 0 amide bonds. The highest BCUT2D eigenvalue weighted by Crippen LogP contribution is 2.25. The smallest absolute Gasteiger partial charge is 0.131 e. The Morgan fingerprint density at radius 3 is 2.60 bits per heavy atom. The van der Waals surface area contributed by atoms with Crippen molar-refractivity contribution in [1.82, 2.24) is 15.0 Å². The molecule has 6 heteroatoms. The first-order valence-corrected chi connectivity index (χ1v) is 10.5. The predicted octanol–water partition coefficient (Wildman–Crippen LogP) is 5.57. The van der Waals surface area contributed by atoms with Crippen LogP contribution in [0.15, 0.2) is 84.0 Å². The molecule has 0 bridgehead atoms. The lowest BCUT2D eigenvalue weighted by molar-refractivity contribution is 0.621. The average molecular weight is 422 g/mol. The molecule has 3 nitrogen and oxygen atoms in total. The Morgan fingerprint density at radius 1 is 0.900 bits per heavy atom. The average Bonchev–Trinajstić information content (AvgIpc) is 2.77. The Labute approximate surface area is 178 Å². The van der Waals surface area contributed by atoms with Crippen molar-refractivity contribution in [2.24, 2.45) is 0 Å². The molecule has 1 heterocycles. The minimum atomic E-state index is -0.329. The summed E-state index contributed by atoms with van der Waals surface area (Å²) in [7, 11) is 0. The Balaban J connectivity index is 1.25. The molecule has 1 aromatic heterocycles. The monoisotopic (exact) mass is 421 g/mol. The van der Waals surface area contributed by atoms with Crippen molar-refractivity contribution in [2.75, 3.05) is 13.1 Å². The van der Waals surface area contributed by atoms with Gasteiger partial charge in [0.15, 0.2) is 0 Å². The van der Waals surface area contributed by atoms with E-state index >= 15 is 0 Å². The van der Waals surface area contributed by atoms with Crippen molar-refractivity contribution in [1.29, 1.82) is 0 Å². The van der Waals surface area contributed by atoms with E-state index in [0.29, 0.717) is 17.7 Å². The molecule has 0 unspecified atom stereocenters. The standard InChI is InChI=1S/C24H21F2N3S/c25-20-7-5-18(6-8-20)21-9-4-17(14-23(21)26)15-28-12-13-29-30-24-3-1-2-19-16-27-11-10-22(19)24/h1-11,14,16,28-29H,12-13,15H2. The molecule has 0 spiro atoms. The van der Waals surface area contributed by atoms with Crippen molar-refractivity contribution < 1.29 is 8.78 Å². The largest absolute Gasteiger partial charge is 0.311 e. The molecule has 0 atom stereocenters. The van der Waals surface area contributed by atoms with E-state index in [1.165, 1.54) is 23.6 Å². The summed E-state index contributed by atoms with van der Waals surface area (Å²) in [5.41, 5.74) is 2.01. The van der Waals surface area contributed by atoms with Crippen LogP contribution in [0.5, 0.6) is 0 Å². The minimum Gasteiger partial charge on any atom is -0.311 e. The molecule has 30 heavy (non-hydrogen) atoms. The molecule has 0 aliphatic rings. The fourth-order valence-electron chi connectivity index (χ4n) is 3.21. The Hall–Kier alpha value is -2.80. The van der Waals surface area contributed by atoms with Crippen molar-refractivity contribution in [2.45, 2.75) is 11.4 Å². The van der Waals surface area contributed by atoms with Gasteiger partial charge in [0, 0.05) is 47.9 Å². The van der Waals surface area contributed by atoms with E-state index in [1.807, 2.05) is 24.4 Å². The van der Waals surface area contributed by atoms with Crippen LogP contribution in [0.3, 0.4) is 0 Å². The third-order valence-electron chi connectivity index (χ3n) is 4.74. The summed E-state index contributed by atoms with van der Waals surface area (Å²) in [4.78, 5) is 5.31. The van der Waals surface area contributed by atoms with Gasteiger partial charge in [0.05, 0.1) is 0 Å². The van der Waals surface area contributed by atoms with E-state index in [2.05, 4.69) is 27.2 Å². The highest BCUT2D eigenvalue weighted by atomic mass is 32.2. The third-order valence-corrected chi connectivity index (χ3v) is 5.67. The second kappa shape index (κ2) is 9.80. The second-order valence-corrected chi connectivity index (χ2v) is 7.78. The second-order valence-electron chi connectivity index (χ2n) is 6.85. The van der Waals surface area contributed by atoms with E-state index in [9.17, 15) is 8.78 Å². The fourth-order valence-corrected chi connectivity index (χ4v) is 4.02. The summed E-state index contributed by atoms with van der Waals surface area (Å²) in [5, 5.41) is 5.61. The summed E-state index contributed by atoms with van der Waals surface area (Å²) in [6.45, 7) is 2.09. The van der Waals surface area contributed by atoms with Crippen LogP contribution >= 0.6 is 11.9 Å². The number of benzene rings is 3. The summed E-state index contributed by atoms with van der Waals surface area (Å²) in [6.07, 6.45) is 3.66. The van der Waals surface area contributed by atoms with Crippen molar-refractivity contribution >= 4 is 22.7 Å². The SMILES string of the molecule is Fc1ccc(-c2ccc(CNCCNSc3cccc4cnccc34)cc2F)cc1. The zero-order chi connectivity index (χ0) is 20.8. The molecule has 4 rings (SSSR count). The van der Waals surface area contributed by atoms with Crippen LogP contribution < -0.4 is 10.0 Å². The number of aromatic nitrogens is 1. The van der Waals surface area contributed by atoms with E-state index in [4.69, 9.17) is 0 Å². The summed E-state index contributed by atoms with van der Waals surface area (Å²) in [6, 6.07) is 19.2. The summed E-state index contributed by atoms with van der Waals surface area (Å²) >= 11 is 1.59. The number of hydrogen-bond donors (Lipinski definition) is 2. The molecule has 0 radical (unpaired) electrons. The molecule has 4 aromatic rings. The number of nitrogens with zero attached hydrogens (tertiary/aromatic N) is 1. The Morgan fingerprint density at radius 2 is 1.77 bits per heavy atom. The van der Waals surface area contributed by atoms with Crippen LogP contribution in [0.2, 0.25) is 0 Å². The van der Waals surface area contributed by atoms with Gasteiger partial charge in [-0.3, -0.25) is 9.71 Å². The predicted molar refractivity (Wildman–Crippen MR) is 119 cm³/mol. The third kappa shape index (κ3) is 5.02. The highest BCUT2D eigenvalue weighted by molar-refractivity contribution is 7.97. The van der Waals surface area contributed by atoms with Crippen molar-refractivity contribution in [3.8, 4) is 11.1 Å². The van der Waals surface area contributed by atoms with E-state index in [1.54, 1.807) is 36.3 Å². The van der Waals surface area contributed by atoms with E-state index in [-0.39, 0.29) is 11.6 Å². The van der Waals surface area contributed by atoms with Crippen LogP contribution in [0.1, 0.15) is 5.56 Å². The molecule has 0 aliphatic carbocycles. The van der Waals surface area contributed by atoms with Crippen molar-refractivity contribution in [3.05, 3.63) is 96.3 Å². The molecule has 0 saturated carbocycles. The lowest BCUT2D eigenvalue weighted by atomic mass is 10.0. The van der Waals surface area contributed by atoms with E-state index < -0.39 is 0 Å². The van der Waals surface area contributed by atoms with Gasteiger partial charge in [-0.25, -0.2) is 8.78 Å². The van der Waals surface area contributed by atoms with Gasteiger partial charge in [-0.1, -0.05) is 36.4 Å². The number of halogens is 2. The van der Waals surface area contributed by atoms with Gasteiger partial charge in [0.1, 0.15) is 11.6 Å². The van der Waals surface area contributed by atoms with E-state index in [0.717, 1.165) is 28.9 Å². The van der Waals surface area contributed by atoms with Crippen LogP contribution in [-0.2, 0) is 6.54 Å². The van der Waals surface area contributed by atoms with Gasteiger partial charge in [0.25, 0.3) is 0 Å². The zero-order valence-corrected chi connectivity index (χ0v) is 17.1. The Kier molecular flexibility index (Phi) is 6.69. The van der Waals surface area contributed by atoms with Gasteiger partial charge in [-0.2, -0.15) is 0 Å². The number of pyridine rings is 1. The van der Waals surface area contributed by atoms with Gasteiger partial charge >= 0.3 is 0 Å². The molecular weight excluding hydrogens is 400 g/mol. The van der Waals surface area contributed by atoms with Crippen molar-refractivity contribution in [3.63, 3.8) is 0 Å². The lowest BCUT2D eigenvalue weighted by Crippen LogP contribution is -2.23. The molecule has 2 N–H and O–H groups in total. The van der Waals surface area contributed by atoms with Gasteiger partial charge in [-0.05, 0) is 58.8 Å². The topological polar surface area (TPSA) is 37.0 Å². The molecule has 0 fully saturated rings. The maximum Gasteiger partial charge on any atom is 0.131 e. The molecule has 0 aliphatic heterocycles. The maximum absolute atomic E-state index is 14.4. The molecular formula is C24H21F2N3S. The lowest BCUT2D eigenvalue weighted by Gasteiger charge is -2.09. The molecule has 152 valence electrons. The van der Waals surface area contributed by atoms with Crippen LogP contribution in [0, 0.1) is 11.6 Å². The van der Waals surface area contributed by atoms with Gasteiger partial charge in [-0.15, -0.1) is 0 Å². The molecule has 3 aromatic carbocycles. The molecule has 0 saturated heterocycles. The van der Waals surface area contributed by atoms with Gasteiger partial charge in [0.2, 0.25) is 0 Å². The first-order chi connectivity index (χ1) is 14.7. The first kappa shape index (κ1) is 20.5. The highest BCUT2D eigenvalue weighted by Gasteiger charge is 2.07. The number of fused-ring (bicyclic) bond motifs is 1. The van der Waals surface area contributed by atoms with Crippen LogP contribution in [-0.4, -0.2) is 18.1 Å². The first-order valence-electron chi connectivity index (χ1n) is 9.68.